The highest BCUT2D eigenvalue weighted by Gasteiger charge is 2.18. The van der Waals surface area contributed by atoms with E-state index in [1.54, 1.807) is 0 Å². The van der Waals surface area contributed by atoms with Gasteiger partial charge in [0.15, 0.2) is 0 Å². The molecule has 4 rings (SSSR count). The maximum absolute atomic E-state index is 10.3. The fraction of sp³-hybridized carbons (Fsp3) is 0.375. The van der Waals surface area contributed by atoms with Gasteiger partial charge >= 0.3 is 0 Å². The Morgan fingerprint density at radius 3 is 2.07 bits per heavy atom. The molecule has 3 aromatic rings. The third-order valence-corrected chi connectivity index (χ3v) is 5.76. The molecule has 0 amide bonds. The highest BCUT2D eigenvalue weighted by molar-refractivity contribution is 5.34. The minimum atomic E-state index is 0.229. The smallest absolute Gasteiger partial charge is 0.0814 e. The van der Waals surface area contributed by atoms with E-state index in [0.29, 0.717) is 0 Å². The maximum Gasteiger partial charge on any atom is 0.0814 e. The molecule has 0 aliphatic carbocycles. The van der Waals surface area contributed by atoms with Crippen molar-refractivity contribution in [3.05, 3.63) is 89.2 Å². The molecule has 1 aliphatic heterocycles. The van der Waals surface area contributed by atoms with Crippen LogP contribution in [0, 0.1) is 0 Å². The Balaban J connectivity index is 1.49. The van der Waals surface area contributed by atoms with E-state index in [-0.39, 0.29) is 5.92 Å². The zero-order valence-electron chi connectivity index (χ0n) is 16.4. The maximum atomic E-state index is 10.3. The summed E-state index contributed by atoms with van der Waals surface area (Å²) in [7, 11) is 0. The molecule has 1 N–H and O–H groups in total. The zero-order valence-corrected chi connectivity index (χ0v) is 16.4. The van der Waals surface area contributed by atoms with E-state index in [0.717, 1.165) is 35.6 Å². The number of piperidine rings is 1. The molecule has 0 bridgehead atoms. The Labute approximate surface area is 167 Å². The summed E-state index contributed by atoms with van der Waals surface area (Å²) in [5.74, 6) is 0.229. The van der Waals surface area contributed by atoms with E-state index in [2.05, 4.69) is 64.6 Å². The normalized spacial score (nSPS) is 15.2. The van der Waals surface area contributed by atoms with Gasteiger partial charge in [0, 0.05) is 25.3 Å². The van der Waals surface area contributed by atoms with Crippen molar-refractivity contribution in [3.8, 4) is 0 Å². The minimum Gasteiger partial charge on any atom is -0.411 e. The quantitative estimate of drug-likeness (QED) is 0.617. The standard InChI is InChI=1S/C24H29N3O/c28-27-23(14-17-26-15-8-3-9-16-26)18-22(25-27)19-24(20-10-4-1-5-11-20)21-12-6-2-7-13-21/h1-2,4-7,10-13,18,24,28H,3,8-9,14-17,19H2. The zero-order chi connectivity index (χ0) is 19.2. The van der Waals surface area contributed by atoms with E-state index < -0.39 is 0 Å². The highest BCUT2D eigenvalue weighted by Crippen LogP contribution is 2.28. The van der Waals surface area contributed by atoms with Crippen LogP contribution in [0.5, 0.6) is 0 Å². The van der Waals surface area contributed by atoms with Gasteiger partial charge in [-0.05, 0) is 43.1 Å². The monoisotopic (exact) mass is 375 g/mol. The van der Waals surface area contributed by atoms with Crippen molar-refractivity contribution >= 4 is 0 Å². The molecule has 0 saturated carbocycles. The number of nitrogens with zero attached hydrogens (tertiary/aromatic N) is 3. The van der Waals surface area contributed by atoms with Gasteiger partial charge in [0.25, 0.3) is 0 Å². The van der Waals surface area contributed by atoms with E-state index in [1.165, 1.54) is 43.5 Å². The first-order chi connectivity index (χ1) is 13.8. The number of hydrogen-bond acceptors (Lipinski definition) is 3. The molecule has 28 heavy (non-hydrogen) atoms. The van der Waals surface area contributed by atoms with Crippen molar-refractivity contribution in [3.63, 3.8) is 0 Å². The Morgan fingerprint density at radius 2 is 1.46 bits per heavy atom. The summed E-state index contributed by atoms with van der Waals surface area (Å²) in [4.78, 5) is 3.58. The van der Waals surface area contributed by atoms with E-state index in [9.17, 15) is 5.21 Å². The summed E-state index contributed by atoms with van der Waals surface area (Å²) < 4.78 is 0. The van der Waals surface area contributed by atoms with Gasteiger partial charge in [-0.3, -0.25) is 0 Å². The Morgan fingerprint density at radius 1 is 0.857 bits per heavy atom. The molecule has 2 heterocycles. The van der Waals surface area contributed by atoms with E-state index in [4.69, 9.17) is 0 Å². The summed E-state index contributed by atoms with van der Waals surface area (Å²) in [5.41, 5.74) is 4.39. The average molecular weight is 376 g/mol. The van der Waals surface area contributed by atoms with Crippen molar-refractivity contribution in [2.24, 2.45) is 0 Å². The van der Waals surface area contributed by atoms with Gasteiger partial charge in [-0.2, -0.15) is 0 Å². The van der Waals surface area contributed by atoms with Crippen molar-refractivity contribution in [1.82, 2.24) is 14.8 Å². The van der Waals surface area contributed by atoms with Crippen LogP contribution in [0.1, 0.15) is 47.7 Å². The molecule has 0 radical (unpaired) electrons. The molecule has 1 aliphatic rings. The van der Waals surface area contributed by atoms with Gasteiger partial charge in [0.2, 0.25) is 0 Å². The third-order valence-electron chi connectivity index (χ3n) is 5.76. The molecule has 4 nitrogen and oxygen atoms in total. The van der Waals surface area contributed by atoms with E-state index >= 15 is 0 Å². The Kier molecular flexibility index (Phi) is 6.07. The molecule has 1 saturated heterocycles. The fourth-order valence-electron chi connectivity index (χ4n) is 4.20. The van der Waals surface area contributed by atoms with Gasteiger partial charge in [0.1, 0.15) is 0 Å². The summed E-state index contributed by atoms with van der Waals surface area (Å²) in [5, 5.41) is 14.7. The highest BCUT2D eigenvalue weighted by atomic mass is 16.5. The van der Waals surface area contributed by atoms with Crippen LogP contribution in [0.15, 0.2) is 66.7 Å². The lowest BCUT2D eigenvalue weighted by atomic mass is 9.87. The summed E-state index contributed by atoms with van der Waals surface area (Å²) in [6.45, 7) is 3.35. The molecule has 4 heteroatoms. The predicted octanol–water partition coefficient (Wildman–Crippen LogP) is 4.52. The lowest BCUT2D eigenvalue weighted by molar-refractivity contribution is 0.135. The largest absolute Gasteiger partial charge is 0.411 e. The molecular weight excluding hydrogens is 346 g/mol. The SMILES string of the molecule is On1nc(CC(c2ccccc2)c2ccccc2)cc1CCN1CCCCC1. The second kappa shape index (κ2) is 9.07. The Hall–Kier alpha value is -2.59. The van der Waals surface area contributed by atoms with Gasteiger partial charge in [0.05, 0.1) is 11.4 Å². The summed E-state index contributed by atoms with van der Waals surface area (Å²) >= 11 is 0. The van der Waals surface area contributed by atoms with Crippen molar-refractivity contribution in [2.75, 3.05) is 19.6 Å². The first kappa shape index (κ1) is 18.8. The Bertz CT molecular complexity index is 815. The van der Waals surface area contributed by atoms with E-state index in [1.807, 2.05) is 12.1 Å². The van der Waals surface area contributed by atoms with Crippen LogP contribution in [0.2, 0.25) is 0 Å². The van der Waals surface area contributed by atoms with Crippen LogP contribution in [0.4, 0.5) is 0 Å². The molecule has 146 valence electrons. The predicted molar refractivity (Wildman–Crippen MR) is 112 cm³/mol. The van der Waals surface area contributed by atoms with Crippen LogP contribution in [-0.2, 0) is 12.8 Å². The molecule has 1 aromatic heterocycles. The number of hydrogen-bond donors (Lipinski definition) is 1. The van der Waals surface area contributed by atoms with Gasteiger partial charge in [-0.1, -0.05) is 67.1 Å². The number of likely N-dealkylation sites (tertiary alicyclic amines) is 1. The summed E-state index contributed by atoms with van der Waals surface area (Å²) in [6, 6.07) is 23.2. The fourth-order valence-corrected chi connectivity index (χ4v) is 4.20. The average Bonchev–Trinajstić information content (AvgIpc) is 3.12. The second-order valence-corrected chi connectivity index (χ2v) is 7.75. The third kappa shape index (κ3) is 4.63. The first-order valence-electron chi connectivity index (χ1n) is 10.4. The lowest BCUT2D eigenvalue weighted by Crippen LogP contribution is -2.31. The molecule has 0 unspecified atom stereocenters. The first-order valence-corrected chi connectivity index (χ1v) is 10.4. The molecule has 0 spiro atoms. The molecule has 1 fully saturated rings. The lowest BCUT2D eigenvalue weighted by Gasteiger charge is -2.26. The van der Waals surface area contributed by atoms with Gasteiger partial charge < -0.3 is 10.1 Å². The van der Waals surface area contributed by atoms with Crippen LogP contribution in [0.3, 0.4) is 0 Å². The van der Waals surface area contributed by atoms with Crippen LogP contribution >= 0.6 is 0 Å². The number of rotatable bonds is 7. The van der Waals surface area contributed by atoms with Crippen molar-refractivity contribution < 1.29 is 5.21 Å². The molecular formula is C24H29N3O. The second-order valence-electron chi connectivity index (χ2n) is 7.75. The van der Waals surface area contributed by atoms with Crippen LogP contribution < -0.4 is 0 Å². The van der Waals surface area contributed by atoms with Gasteiger partial charge in [-0.15, -0.1) is 9.94 Å². The minimum absolute atomic E-state index is 0.229. The molecule has 0 atom stereocenters. The van der Waals surface area contributed by atoms with Gasteiger partial charge in [-0.25, -0.2) is 0 Å². The summed E-state index contributed by atoms with van der Waals surface area (Å²) in [6.07, 6.45) is 5.54. The van der Waals surface area contributed by atoms with Crippen molar-refractivity contribution in [2.45, 2.75) is 38.0 Å². The number of benzene rings is 2. The van der Waals surface area contributed by atoms with Crippen molar-refractivity contribution in [1.29, 1.82) is 0 Å². The molecule has 2 aromatic carbocycles. The van der Waals surface area contributed by atoms with Crippen LogP contribution in [0.25, 0.3) is 0 Å². The topological polar surface area (TPSA) is 41.3 Å². The number of aromatic nitrogens is 2. The van der Waals surface area contributed by atoms with Crippen LogP contribution in [-0.4, -0.2) is 39.7 Å².